The van der Waals surface area contributed by atoms with E-state index in [4.69, 9.17) is 15.2 Å². The molecule has 1 saturated heterocycles. The molecular formula is C15H20N2O3. The number of likely N-dealkylation sites (tertiary alicyclic amines) is 1. The molecule has 0 saturated carbocycles. The van der Waals surface area contributed by atoms with Crippen molar-refractivity contribution in [2.24, 2.45) is 5.73 Å². The summed E-state index contributed by atoms with van der Waals surface area (Å²) >= 11 is 0. The third-order valence-corrected chi connectivity index (χ3v) is 3.86. The molecule has 2 N–H and O–H groups in total. The van der Waals surface area contributed by atoms with E-state index in [1.54, 1.807) is 4.90 Å². The van der Waals surface area contributed by atoms with Crippen LogP contribution in [0.25, 0.3) is 0 Å². The second-order valence-electron chi connectivity index (χ2n) is 5.67. The van der Waals surface area contributed by atoms with Crippen LogP contribution in [0.5, 0.6) is 11.5 Å². The van der Waals surface area contributed by atoms with Crippen molar-refractivity contribution in [3.63, 3.8) is 0 Å². The zero-order chi connectivity index (χ0) is 14.2. The van der Waals surface area contributed by atoms with Crippen molar-refractivity contribution in [2.45, 2.75) is 31.4 Å². The standard InChI is InChI=1S/C15H20N2O3/c1-2-7-15(16)9-17(10-15)14(18)13-8-19-11-5-3-4-6-12(11)20-13/h3-6,13H,2,7-10,16H2,1H3. The number of carbonyl (C=O) groups is 1. The van der Waals surface area contributed by atoms with Gasteiger partial charge >= 0.3 is 0 Å². The number of carbonyl (C=O) groups excluding carboxylic acids is 1. The molecule has 2 aliphatic heterocycles. The van der Waals surface area contributed by atoms with Gasteiger partial charge in [-0.3, -0.25) is 4.79 Å². The molecule has 2 heterocycles. The number of rotatable bonds is 3. The largest absolute Gasteiger partial charge is 0.485 e. The molecule has 0 radical (unpaired) electrons. The zero-order valence-electron chi connectivity index (χ0n) is 11.7. The van der Waals surface area contributed by atoms with Crippen LogP contribution in [0.2, 0.25) is 0 Å². The van der Waals surface area contributed by atoms with Crippen molar-refractivity contribution in [3.8, 4) is 11.5 Å². The van der Waals surface area contributed by atoms with Crippen molar-refractivity contribution >= 4 is 5.91 Å². The minimum atomic E-state index is -0.559. The summed E-state index contributed by atoms with van der Waals surface area (Å²) in [7, 11) is 0. The van der Waals surface area contributed by atoms with Gasteiger partial charge in [0.05, 0.1) is 5.54 Å². The van der Waals surface area contributed by atoms with E-state index < -0.39 is 6.10 Å². The predicted molar refractivity (Wildman–Crippen MR) is 74.8 cm³/mol. The van der Waals surface area contributed by atoms with Crippen molar-refractivity contribution in [2.75, 3.05) is 19.7 Å². The van der Waals surface area contributed by atoms with Gasteiger partial charge in [0, 0.05) is 13.1 Å². The highest BCUT2D eigenvalue weighted by atomic mass is 16.6. The van der Waals surface area contributed by atoms with Crippen molar-refractivity contribution < 1.29 is 14.3 Å². The summed E-state index contributed by atoms with van der Waals surface area (Å²) in [5, 5.41) is 0. The van der Waals surface area contributed by atoms with Crippen molar-refractivity contribution in [1.29, 1.82) is 0 Å². The highest BCUT2D eigenvalue weighted by Gasteiger charge is 2.44. The van der Waals surface area contributed by atoms with Crippen LogP contribution in [0, 0.1) is 0 Å². The zero-order valence-corrected chi connectivity index (χ0v) is 11.7. The number of nitrogens with zero attached hydrogens (tertiary/aromatic N) is 1. The number of para-hydroxylation sites is 2. The Hall–Kier alpha value is -1.75. The Balaban J connectivity index is 1.61. The first-order valence-corrected chi connectivity index (χ1v) is 7.07. The lowest BCUT2D eigenvalue weighted by Gasteiger charge is -2.48. The van der Waals surface area contributed by atoms with E-state index in [9.17, 15) is 4.79 Å². The van der Waals surface area contributed by atoms with E-state index in [0.29, 0.717) is 24.6 Å². The van der Waals surface area contributed by atoms with Crippen molar-refractivity contribution in [3.05, 3.63) is 24.3 Å². The first-order valence-electron chi connectivity index (χ1n) is 7.07. The van der Waals surface area contributed by atoms with Gasteiger partial charge in [0.1, 0.15) is 6.61 Å². The Bertz CT molecular complexity index is 512. The fourth-order valence-corrected chi connectivity index (χ4v) is 2.87. The number of hydrogen-bond acceptors (Lipinski definition) is 4. The average molecular weight is 276 g/mol. The van der Waals surface area contributed by atoms with Crippen LogP contribution in [0.4, 0.5) is 0 Å². The van der Waals surface area contributed by atoms with Crippen LogP contribution in [0.15, 0.2) is 24.3 Å². The van der Waals surface area contributed by atoms with Crippen LogP contribution in [0.3, 0.4) is 0 Å². The number of nitrogens with two attached hydrogens (primary N) is 1. The molecule has 1 unspecified atom stereocenters. The van der Waals surface area contributed by atoms with E-state index in [1.807, 2.05) is 24.3 Å². The number of ether oxygens (including phenoxy) is 2. The van der Waals surface area contributed by atoms with E-state index in [-0.39, 0.29) is 18.1 Å². The van der Waals surface area contributed by atoms with Crippen LogP contribution in [0.1, 0.15) is 19.8 Å². The molecular weight excluding hydrogens is 256 g/mol. The summed E-state index contributed by atoms with van der Waals surface area (Å²) in [5.41, 5.74) is 5.97. The Morgan fingerprint density at radius 2 is 2.10 bits per heavy atom. The normalized spacial score (nSPS) is 23.1. The van der Waals surface area contributed by atoms with E-state index in [1.165, 1.54) is 0 Å². The Kier molecular flexibility index (Phi) is 3.30. The molecule has 108 valence electrons. The fraction of sp³-hybridized carbons (Fsp3) is 0.533. The molecule has 5 heteroatoms. The third-order valence-electron chi connectivity index (χ3n) is 3.86. The van der Waals surface area contributed by atoms with Gasteiger partial charge in [-0.15, -0.1) is 0 Å². The molecule has 1 aromatic rings. The molecule has 2 aliphatic rings. The highest BCUT2D eigenvalue weighted by Crippen LogP contribution is 2.32. The van der Waals surface area contributed by atoms with E-state index >= 15 is 0 Å². The molecule has 0 aliphatic carbocycles. The number of amides is 1. The summed E-state index contributed by atoms with van der Waals surface area (Å²) in [6.07, 6.45) is 1.42. The summed E-state index contributed by atoms with van der Waals surface area (Å²) < 4.78 is 11.3. The smallest absolute Gasteiger partial charge is 0.267 e. The first kappa shape index (κ1) is 13.2. The quantitative estimate of drug-likeness (QED) is 0.900. The van der Waals surface area contributed by atoms with Gasteiger partial charge in [0.25, 0.3) is 5.91 Å². The molecule has 0 bridgehead atoms. The fourth-order valence-electron chi connectivity index (χ4n) is 2.87. The van der Waals surface area contributed by atoms with Crippen LogP contribution in [-0.2, 0) is 4.79 Å². The van der Waals surface area contributed by atoms with Crippen molar-refractivity contribution in [1.82, 2.24) is 4.90 Å². The molecule has 0 spiro atoms. The van der Waals surface area contributed by atoms with Gasteiger partial charge < -0.3 is 20.1 Å². The predicted octanol–water partition coefficient (Wildman–Crippen LogP) is 1.17. The van der Waals surface area contributed by atoms with Gasteiger partial charge in [0.2, 0.25) is 6.10 Å². The lowest BCUT2D eigenvalue weighted by molar-refractivity contribution is -0.149. The summed E-state index contributed by atoms with van der Waals surface area (Å²) in [5.74, 6) is 1.29. The molecule has 0 aromatic heterocycles. The van der Waals surface area contributed by atoms with Crippen LogP contribution < -0.4 is 15.2 Å². The lowest BCUT2D eigenvalue weighted by atomic mass is 9.86. The molecule has 3 rings (SSSR count). The van der Waals surface area contributed by atoms with E-state index in [2.05, 4.69) is 6.92 Å². The third kappa shape index (κ3) is 2.33. The molecule has 20 heavy (non-hydrogen) atoms. The lowest BCUT2D eigenvalue weighted by Crippen LogP contribution is -2.70. The maximum atomic E-state index is 12.3. The number of hydrogen-bond donors (Lipinski definition) is 1. The SMILES string of the molecule is CCCC1(N)CN(C(=O)C2COc3ccccc3O2)C1. The van der Waals surface area contributed by atoms with Gasteiger partial charge in [0.15, 0.2) is 11.5 Å². The molecule has 1 aromatic carbocycles. The minimum Gasteiger partial charge on any atom is -0.485 e. The van der Waals surface area contributed by atoms with Gasteiger partial charge in [-0.2, -0.15) is 0 Å². The molecule has 1 atom stereocenters. The Morgan fingerprint density at radius 3 is 2.80 bits per heavy atom. The second kappa shape index (κ2) is 4.98. The second-order valence-corrected chi connectivity index (χ2v) is 5.67. The van der Waals surface area contributed by atoms with Crippen LogP contribution >= 0.6 is 0 Å². The maximum absolute atomic E-state index is 12.3. The minimum absolute atomic E-state index is 0.0309. The van der Waals surface area contributed by atoms with E-state index in [0.717, 1.165) is 12.8 Å². The number of fused-ring (bicyclic) bond motifs is 1. The van der Waals surface area contributed by atoms with Gasteiger partial charge in [-0.05, 0) is 18.6 Å². The summed E-state index contributed by atoms with van der Waals surface area (Å²) in [4.78, 5) is 14.1. The topological polar surface area (TPSA) is 64.8 Å². The molecule has 1 amide bonds. The monoisotopic (exact) mass is 276 g/mol. The number of benzene rings is 1. The van der Waals surface area contributed by atoms with Crippen LogP contribution in [-0.4, -0.2) is 42.1 Å². The Morgan fingerprint density at radius 1 is 1.40 bits per heavy atom. The average Bonchev–Trinajstić information content (AvgIpc) is 2.43. The first-order chi connectivity index (χ1) is 9.61. The van der Waals surface area contributed by atoms with Gasteiger partial charge in [-0.25, -0.2) is 0 Å². The maximum Gasteiger partial charge on any atom is 0.267 e. The summed E-state index contributed by atoms with van der Waals surface area (Å²) in [6.45, 7) is 3.59. The summed E-state index contributed by atoms with van der Waals surface area (Å²) in [6, 6.07) is 7.40. The highest BCUT2D eigenvalue weighted by molar-refractivity contribution is 5.83. The molecule has 5 nitrogen and oxygen atoms in total. The Labute approximate surface area is 118 Å². The van der Waals surface area contributed by atoms with Gasteiger partial charge in [-0.1, -0.05) is 25.5 Å². The molecule has 1 fully saturated rings.